The maximum absolute atomic E-state index is 5.71. The van der Waals surface area contributed by atoms with Crippen LogP contribution in [0.25, 0.3) is 0 Å². The molecule has 1 aliphatic carbocycles. The van der Waals surface area contributed by atoms with Crippen molar-refractivity contribution in [2.45, 2.75) is 65.5 Å². The summed E-state index contributed by atoms with van der Waals surface area (Å²) in [6.07, 6.45) is 4.75. The Balaban J connectivity index is 2.07. The van der Waals surface area contributed by atoms with Crippen LogP contribution in [0, 0.1) is 5.41 Å². The first-order chi connectivity index (χ1) is 9.34. The summed E-state index contributed by atoms with van der Waals surface area (Å²) in [7, 11) is 0. The average Bonchev–Trinajstić information content (AvgIpc) is 2.25. The fourth-order valence-electron chi connectivity index (χ4n) is 2.70. The van der Waals surface area contributed by atoms with Crippen molar-refractivity contribution in [1.82, 2.24) is 15.0 Å². The standard InChI is InChI=1S/C14H25N5O/c1-9(2)20-13-18-11(15)17-12(19-13)16-10-6-5-7-14(3,4)8-10/h9-10H,5-8H2,1-4H3,(H3,15,16,17,18,19). The van der Waals surface area contributed by atoms with Gasteiger partial charge in [-0.25, -0.2) is 0 Å². The van der Waals surface area contributed by atoms with E-state index in [0.717, 1.165) is 12.8 Å². The van der Waals surface area contributed by atoms with E-state index in [-0.39, 0.29) is 18.1 Å². The molecule has 0 aromatic carbocycles. The number of nitrogens with two attached hydrogens (primary N) is 1. The zero-order chi connectivity index (χ0) is 14.8. The normalized spacial score (nSPS) is 21.8. The van der Waals surface area contributed by atoms with Gasteiger partial charge in [-0.05, 0) is 38.5 Å². The number of hydrogen-bond donors (Lipinski definition) is 2. The van der Waals surface area contributed by atoms with E-state index in [9.17, 15) is 0 Å². The average molecular weight is 279 g/mol. The first-order valence-electron chi connectivity index (χ1n) is 7.29. The second kappa shape index (κ2) is 5.81. The van der Waals surface area contributed by atoms with E-state index in [1.54, 1.807) is 0 Å². The quantitative estimate of drug-likeness (QED) is 0.881. The molecule has 0 spiro atoms. The van der Waals surface area contributed by atoms with Crippen molar-refractivity contribution in [1.29, 1.82) is 0 Å². The highest BCUT2D eigenvalue weighted by Gasteiger charge is 2.28. The van der Waals surface area contributed by atoms with Gasteiger partial charge in [-0.1, -0.05) is 20.3 Å². The number of nitrogens with one attached hydrogen (secondary N) is 1. The van der Waals surface area contributed by atoms with Gasteiger partial charge in [-0.2, -0.15) is 15.0 Å². The van der Waals surface area contributed by atoms with Gasteiger partial charge in [-0.15, -0.1) is 0 Å². The summed E-state index contributed by atoms with van der Waals surface area (Å²) < 4.78 is 5.48. The Morgan fingerprint density at radius 1 is 1.30 bits per heavy atom. The summed E-state index contributed by atoms with van der Waals surface area (Å²) in [5, 5.41) is 3.37. The summed E-state index contributed by atoms with van der Waals surface area (Å²) >= 11 is 0. The molecule has 112 valence electrons. The van der Waals surface area contributed by atoms with Crippen molar-refractivity contribution in [3.63, 3.8) is 0 Å². The number of ether oxygens (including phenoxy) is 1. The van der Waals surface area contributed by atoms with E-state index < -0.39 is 0 Å². The van der Waals surface area contributed by atoms with Gasteiger partial charge < -0.3 is 15.8 Å². The zero-order valence-electron chi connectivity index (χ0n) is 12.8. The van der Waals surface area contributed by atoms with E-state index in [4.69, 9.17) is 10.5 Å². The predicted molar refractivity (Wildman–Crippen MR) is 79.7 cm³/mol. The summed E-state index contributed by atoms with van der Waals surface area (Å²) in [6, 6.07) is 0.664. The largest absolute Gasteiger partial charge is 0.461 e. The lowest BCUT2D eigenvalue weighted by molar-refractivity contribution is 0.220. The highest BCUT2D eigenvalue weighted by atomic mass is 16.5. The van der Waals surface area contributed by atoms with E-state index in [1.165, 1.54) is 12.8 Å². The van der Waals surface area contributed by atoms with E-state index in [2.05, 4.69) is 34.1 Å². The van der Waals surface area contributed by atoms with Gasteiger partial charge in [0.1, 0.15) is 0 Å². The molecule has 0 radical (unpaired) electrons. The van der Waals surface area contributed by atoms with Crippen molar-refractivity contribution >= 4 is 11.9 Å². The van der Waals surface area contributed by atoms with Gasteiger partial charge in [-0.3, -0.25) is 0 Å². The third kappa shape index (κ3) is 4.21. The molecular weight excluding hydrogens is 254 g/mol. The van der Waals surface area contributed by atoms with Crippen LogP contribution in [0.2, 0.25) is 0 Å². The van der Waals surface area contributed by atoms with Crippen LogP contribution in [0.3, 0.4) is 0 Å². The van der Waals surface area contributed by atoms with Gasteiger partial charge >= 0.3 is 6.01 Å². The van der Waals surface area contributed by atoms with Crippen LogP contribution in [0.1, 0.15) is 53.4 Å². The van der Waals surface area contributed by atoms with Crippen molar-refractivity contribution in [2.24, 2.45) is 5.41 Å². The molecule has 6 heteroatoms. The molecule has 0 amide bonds. The molecule has 0 aliphatic heterocycles. The topological polar surface area (TPSA) is 86.0 Å². The number of nitrogen functional groups attached to an aromatic ring is 1. The minimum Gasteiger partial charge on any atom is -0.461 e. The van der Waals surface area contributed by atoms with Crippen molar-refractivity contribution in [3.05, 3.63) is 0 Å². The van der Waals surface area contributed by atoms with Crippen LogP contribution in [0.4, 0.5) is 11.9 Å². The first-order valence-corrected chi connectivity index (χ1v) is 7.29. The number of nitrogens with zero attached hydrogens (tertiary/aromatic N) is 3. The molecule has 1 unspecified atom stereocenters. The minimum absolute atomic E-state index is 0.0123. The third-order valence-corrected chi connectivity index (χ3v) is 3.51. The van der Waals surface area contributed by atoms with Crippen molar-refractivity contribution in [3.8, 4) is 6.01 Å². The number of aromatic nitrogens is 3. The molecule has 1 saturated carbocycles. The lowest BCUT2D eigenvalue weighted by Crippen LogP contribution is -2.32. The Morgan fingerprint density at radius 3 is 2.70 bits per heavy atom. The summed E-state index contributed by atoms with van der Waals surface area (Å²) in [4.78, 5) is 12.4. The van der Waals surface area contributed by atoms with Crippen LogP contribution in [0.15, 0.2) is 0 Å². The van der Waals surface area contributed by atoms with Crippen LogP contribution in [-0.2, 0) is 0 Å². The fraction of sp³-hybridized carbons (Fsp3) is 0.786. The molecule has 6 nitrogen and oxygen atoms in total. The molecule has 1 heterocycles. The third-order valence-electron chi connectivity index (χ3n) is 3.51. The van der Waals surface area contributed by atoms with Crippen molar-refractivity contribution in [2.75, 3.05) is 11.1 Å². The Bertz CT molecular complexity index is 461. The summed E-state index contributed by atoms with van der Waals surface area (Å²) in [5.41, 5.74) is 6.08. The second-order valence-electron chi connectivity index (χ2n) is 6.57. The van der Waals surface area contributed by atoms with Gasteiger partial charge in [0.05, 0.1) is 6.10 Å². The van der Waals surface area contributed by atoms with Gasteiger partial charge in [0.2, 0.25) is 11.9 Å². The van der Waals surface area contributed by atoms with Gasteiger partial charge in [0.25, 0.3) is 0 Å². The summed E-state index contributed by atoms with van der Waals surface area (Å²) in [6.45, 7) is 8.46. The minimum atomic E-state index is 0.0123. The van der Waals surface area contributed by atoms with E-state index in [0.29, 0.717) is 17.4 Å². The highest BCUT2D eigenvalue weighted by molar-refractivity contribution is 5.33. The van der Waals surface area contributed by atoms with Crippen molar-refractivity contribution < 1.29 is 4.74 Å². The van der Waals surface area contributed by atoms with Gasteiger partial charge in [0.15, 0.2) is 0 Å². The smallest absolute Gasteiger partial charge is 0.323 e. The molecule has 3 N–H and O–H groups in total. The predicted octanol–water partition coefficient (Wildman–Crippen LogP) is 2.62. The van der Waals surface area contributed by atoms with E-state index in [1.807, 2.05) is 13.8 Å². The van der Waals surface area contributed by atoms with Crippen LogP contribution >= 0.6 is 0 Å². The maximum atomic E-state index is 5.71. The zero-order valence-corrected chi connectivity index (χ0v) is 12.8. The van der Waals surface area contributed by atoms with Crippen LogP contribution in [0.5, 0.6) is 6.01 Å². The molecule has 2 rings (SSSR count). The fourth-order valence-corrected chi connectivity index (χ4v) is 2.70. The molecule has 0 saturated heterocycles. The molecular formula is C14H25N5O. The first kappa shape index (κ1) is 14.8. The molecule has 1 aromatic heterocycles. The lowest BCUT2D eigenvalue weighted by atomic mass is 9.75. The Kier molecular flexibility index (Phi) is 4.30. The summed E-state index contributed by atoms with van der Waals surface area (Å²) in [5.74, 6) is 0.698. The molecule has 1 aliphatic rings. The molecule has 1 atom stereocenters. The second-order valence-corrected chi connectivity index (χ2v) is 6.57. The Labute approximate surface area is 120 Å². The monoisotopic (exact) mass is 279 g/mol. The number of rotatable bonds is 4. The van der Waals surface area contributed by atoms with E-state index >= 15 is 0 Å². The lowest BCUT2D eigenvalue weighted by Gasteiger charge is -2.35. The Morgan fingerprint density at radius 2 is 2.05 bits per heavy atom. The van der Waals surface area contributed by atoms with Crippen LogP contribution in [-0.4, -0.2) is 27.1 Å². The van der Waals surface area contributed by atoms with Gasteiger partial charge in [0, 0.05) is 6.04 Å². The number of anilines is 2. The molecule has 1 aromatic rings. The Hall–Kier alpha value is -1.59. The van der Waals surface area contributed by atoms with Crippen LogP contribution < -0.4 is 15.8 Å². The number of hydrogen-bond acceptors (Lipinski definition) is 6. The SMILES string of the molecule is CC(C)Oc1nc(N)nc(NC2CCCC(C)(C)C2)n1. The molecule has 0 bridgehead atoms. The molecule has 20 heavy (non-hydrogen) atoms. The highest BCUT2D eigenvalue weighted by Crippen LogP contribution is 2.36. The maximum Gasteiger partial charge on any atom is 0.323 e. The molecule has 1 fully saturated rings.